The van der Waals surface area contributed by atoms with Crippen LogP contribution >= 0.6 is 0 Å². The molecular weight excluding hydrogens is 350 g/mol. The number of carbonyl (C=O) groups excluding carboxylic acids is 1. The summed E-state index contributed by atoms with van der Waals surface area (Å²) >= 11 is 0. The van der Waals surface area contributed by atoms with Crippen LogP contribution in [0.5, 0.6) is 0 Å². The predicted molar refractivity (Wildman–Crippen MR) is 99.4 cm³/mol. The Kier molecular flexibility index (Phi) is 4.28. The second-order valence-electron chi connectivity index (χ2n) is 6.64. The second-order valence-corrected chi connectivity index (χ2v) is 8.87. The van der Waals surface area contributed by atoms with Crippen LogP contribution in [0.3, 0.4) is 0 Å². The van der Waals surface area contributed by atoms with Crippen molar-refractivity contribution >= 4 is 26.7 Å². The van der Waals surface area contributed by atoms with Gasteiger partial charge in [0.1, 0.15) is 17.4 Å². The number of amides is 1. The lowest BCUT2D eigenvalue weighted by molar-refractivity contribution is -0.124. The SMILES string of the molecule is O=C(N[C@H](c1ccccc1)c1cc2ccccc2o1)[C@@H]1CCS(=O)(=O)C1. The first-order chi connectivity index (χ1) is 12.5. The van der Waals surface area contributed by atoms with E-state index >= 15 is 0 Å². The molecule has 2 heterocycles. The first-order valence-corrected chi connectivity index (χ1v) is 10.4. The van der Waals surface area contributed by atoms with Gasteiger partial charge in [0.05, 0.1) is 17.4 Å². The molecule has 5 nitrogen and oxygen atoms in total. The highest BCUT2D eigenvalue weighted by Gasteiger charge is 2.34. The highest BCUT2D eigenvalue weighted by atomic mass is 32.2. The van der Waals surface area contributed by atoms with E-state index in [0.717, 1.165) is 16.5 Å². The van der Waals surface area contributed by atoms with Gasteiger partial charge < -0.3 is 9.73 Å². The number of fused-ring (bicyclic) bond motifs is 1. The Bertz CT molecular complexity index is 1010. The summed E-state index contributed by atoms with van der Waals surface area (Å²) < 4.78 is 29.3. The third-order valence-corrected chi connectivity index (χ3v) is 6.52. The largest absolute Gasteiger partial charge is 0.459 e. The average molecular weight is 369 g/mol. The fourth-order valence-corrected chi connectivity index (χ4v) is 5.11. The smallest absolute Gasteiger partial charge is 0.225 e. The summed E-state index contributed by atoms with van der Waals surface area (Å²) in [7, 11) is -3.11. The van der Waals surface area contributed by atoms with E-state index in [4.69, 9.17) is 4.42 Å². The molecule has 1 saturated heterocycles. The number of carbonyl (C=O) groups is 1. The number of hydrogen-bond acceptors (Lipinski definition) is 4. The highest BCUT2D eigenvalue weighted by molar-refractivity contribution is 7.91. The van der Waals surface area contributed by atoms with Crippen molar-refractivity contribution in [3.05, 3.63) is 72.0 Å². The molecule has 0 unspecified atom stereocenters. The third-order valence-electron chi connectivity index (χ3n) is 4.75. The van der Waals surface area contributed by atoms with Crippen molar-refractivity contribution in [2.45, 2.75) is 12.5 Å². The van der Waals surface area contributed by atoms with Crippen LogP contribution in [0.1, 0.15) is 23.8 Å². The van der Waals surface area contributed by atoms with Gasteiger partial charge in [0, 0.05) is 5.39 Å². The van der Waals surface area contributed by atoms with Crippen LogP contribution in [0.25, 0.3) is 11.0 Å². The van der Waals surface area contributed by atoms with Crippen molar-refractivity contribution in [1.82, 2.24) is 5.32 Å². The molecule has 0 bridgehead atoms. The maximum Gasteiger partial charge on any atom is 0.225 e. The van der Waals surface area contributed by atoms with Crippen LogP contribution in [-0.2, 0) is 14.6 Å². The first-order valence-electron chi connectivity index (χ1n) is 8.56. The van der Waals surface area contributed by atoms with Crippen LogP contribution in [0.2, 0.25) is 0 Å². The number of nitrogens with one attached hydrogen (secondary N) is 1. The Morgan fingerprint density at radius 1 is 1.08 bits per heavy atom. The van der Waals surface area contributed by atoms with E-state index in [-0.39, 0.29) is 17.4 Å². The minimum absolute atomic E-state index is 0.0751. The van der Waals surface area contributed by atoms with Gasteiger partial charge in [-0.2, -0.15) is 0 Å². The van der Waals surface area contributed by atoms with Crippen LogP contribution in [0, 0.1) is 5.92 Å². The number of sulfone groups is 1. The Balaban J connectivity index is 1.66. The Morgan fingerprint density at radius 3 is 2.50 bits per heavy atom. The van der Waals surface area contributed by atoms with Crippen LogP contribution in [0.15, 0.2) is 65.1 Å². The van der Waals surface area contributed by atoms with Gasteiger partial charge in [-0.3, -0.25) is 4.79 Å². The van der Waals surface area contributed by atoms with Crippen molar-refractivity contribution in [1.29, 1.82) is 0 Å². The molecule has 0 saturated carbocycles. The van der Waals surface area contributed by atoms with Gasteiger partial charge in [-0.1, -0.05) is 48.5 Å². The summed E-state index contributed by atoms with van der Waals surface area (Å²) in [5.41, 5.74) is 1.64. The lowest BCUT2D eigenvalue weighted by atomic mass is 10.0. The van der Waals surface area contributed by atoms with Crippen molar-refractivity contribution in [2.75, 3.05) is 11.5 Å². The summed E-state index contributed by atoms with van der Waals surface area (Å²) in [5.74, 6) is -0.130. The first kappa shape index (κ1) is 16.8. The number of rotatable bonds is 4. The molecule has 0 spiro atoms. The fraction of sp³-hybridized carbons (Fsp3) is 0.250. The highest BCUT2D eigenvalue weighted by Crippen LogP contribution is 2.29. The van der Waals surface area contributed by atoms with Gasteiger partial charge in [-0.05, 0) is 24.1 Å². The second kappa shape index (κ2) is 6.61. The van der Waals surface area contributed by atoms with Gasteiger partial charge in [0.2, 0.25) is 5.91 Å². The summed E-state index contributed by atoms with van der Waals surface area (Å²) in [5, 5.41) is 3.95. The van der Waals surface area contributed by atoms with E-state index < -0.39 is 21.8 Å². The van der Waals surface area contributed by atoms with Crippen molar-refractivity contribution in [2.24, 2.45) is 5.92 Å². The van der Waals surface area contributed by atoms with Crippen molar-refractivity contribution in [3.63, 3.8) is 0 Å². The van der Waals surface area contributed by atoms with Crippen molar-refractivity contribution in [3.8, 4) is 0 Å². The molecule has 6 heteroatoms. The Labute approximate surface area is 151 Å². The zero-order valence-electron chi connectivity index (χ0n) is 14.1. The molecule has 1 aromatic heterocycles. The molecular formula is C20H19NO4S. The number of benzene rings is 2. The third kappa shape index (κ3) is 3.37. The van der Waals surface area contributed by atoms with E-state index in [9.17, 15) is 13.2 Å². The zero-order chi connectivity index (χ0) is 18.1. The maximum absolute atomic E-state index is 12.7. The molecule has 0 aliphatic carbocycles. The van der Waals surface area contributed by atoms with Crippen LogP contribution in [-0.4, -0.2) is 25.8 Å². The van der Waals surface area contributed by atoms with Gasteiger partial charge >= 0.3 is 0 Å². The van der Waals surface area contributed by atoms with Gasteiger partial charge in [0.15, 0.2) is 9.84 Å². The molecule has 2 atom stereocenters. The van der Waals surface area contributed by atoms with E-state index in [1.807, 2.05) is 60.7 Å². The predicted octanol–water partition coefficient (Wildman–Crippen LogP) is 3.07. The minimum atomic E-state index is -3.11. The van der Waals surface area contributed by atoms with E-state index in [0.29, 0.717) is 12.2 Å². The molecule has 1 amide bonds. The molecule has 4 rings (SSSR count). The minimum Gasteiger partial charge on any atom is -0.459 e. The summed E-state index contributed by atoms with van der Waals surface area (Å²) in [6, 6.07) is 18.7. The standard InChI is InChI=1S/C20H19NO4S/c22-20(16-10-11-26(23,24)13-16)21-19(14-6-2-1-3-7-14)18-12-15-8-4-5-9-17(15)25-18/h1-9,12,16,19H,10-11,13H2,(H,21,22)/t16-,19-/m1/s1. The van der Waals surface area contributed by atoms with Crippen molar-refractivity contribution < 1.29 is 17.6 Å². The summed E-state index contributed by atoms with van der Waals surface area (Å²) in [6.45, 7) is 0. The average Bonchev–Trinajstić information content (AvgIpc) is 3.23. The Morgan fingerprint density at radius 2 is 1.81 bits per heavy atom. The number of hydrogen-bond donors (Lipinski definition) is 1. The number of furan rings is 1. The zero-order valence-corrected chi connectivity index (χ0v) is 14.9. The molecule has 26 heavy (non-hydrogen) atoms. The van der Waals surface area contributed by atoms with Crippen LogP contribution in [0.4, 0.5) is 0 Å². The molecule has 134 valence electrons. The maximum atomic E-state index is 12.7. The van der Waals surface area contributed by atoms with Crippen LogP contribution < -0.4 is 5.32 Å². The summed E-state index contributed by atoms with van der Waals surface area (Å²) in [6.07, 6.45) is 0.371. The molecule has 1 aliphatic rings. The molecule has 3 aromatic rings. The van der Waals surface area contributed by atoms with E-state index in [2.05, 4.69) is 5.32 Å². The molecule has 1 aliphatic heterocycles. The summed E-state index contributed by atoms with van der Waals surface area (Å²) in [4.78, 5) is 12.7. The molecule has 1 fully saturated rings. The topological polar surface area (TPSA) is 76.4 Å². The molecule has 1 N–H and O–H groups in total. The van der Waals surface area contributed by atoms with E-state index in [1.165, 1.54) is 0 Å². The lowest BCUT2D eigenvalue weighted by Gasteiger charge is -2.19. The number of para-hydroxylation sites is 1. The quantitative estimate of drug-likeness (QED) is 0.767. The van der Waals surface area contributed by atoms with Gasteiger partial charge in [-0.25, -0.2) is 8.42 Å². The molecule has 2 aromatic carbocycles. The normalized spacial score (nSPS) is 20.1. The monoisotopic (exact) mass is 369 g/mol. The fourth-order valence-electron chi connectivity index (χ4n) is 3.37. The van der Waals surface area contributed by atoms with E-state index in [1.54, 1.807) is 0 Å². The Hall–Kier alpha value is -2.60. The molecule has 0 radical (unpaired) electrons. The van der Waals surface area contributed by atoms with Gasteiger partial charge in [-0.15, -0.1) is 0 Å². The lowest BCUT2D eigenvalue weighted by Crippen LogP contribution is -2.35. The van der Waals surface area contributed by atoms with Gasteiger partial charge in [0.25, 0.3) is 0 Å².